The number of aryl methyl sites for hydroxylation is 1. The Morgan fingerprint density at radius 3 is 2.50 bits per heavy atom. The Hall–Kier alpha value is 0.570. The standard InChI is InChI=1S/C11H15Br2NO2S2/c1-8-6-9(17-10(8)13)18(15,16)14-11(7-12)4-2-3-5-11/h6,14H,2-5,7H2,1H3. The Morgan fingerprint density at radius 2 is 2.06 bits per heavy atom. The van der Waals surface area contributed by atoms with E-state index < -0.39 is 10.0 Å². The number of halogens is 2. The predicted molar refractivity (Wildman–Crippen MR) is 82.1 cm³/mol. The number of sulfonamides is 1. The van der Waals surface area contributed by atoms with Crippen molar-refractivity contribution in [1.82, 2.24) is 4.72 Å². The maximum absolute atomic E-state index is 12.4. The molecule has 2 rings (SSSR count). The molecule has 0 atom stereocenters. The fourth-order valence-electron chi connectivity index (χ4n) is 2.21. The minimum Gasteiger partial charge on any atom is -0.206 e. The lowest BCUT2D eigenvalue weighted by Gasteiger charge is -2.27. The number of hydrogen-bond donors (Lipinski definition) is 1. The molecule has 0 aliphatic heterocycles. The first-order valence-corrected chi connectivity index (χ1v) is 9.96. The highest BCUT2D eigenvalue weighted by molar-refractivity contribution is 9.11. The van der Waals surface area contributed by atoms with Crippen LogP contribution in [-0.2, 0) is 10.0 Å². The molecule has 1 heterocycles. The molecule has 18 heavy (non-hydrogen) atoms. The molecule has 1 aliphatic rings. The molecular formula is C11H15Br2NO2S2. The fourth-order valence-corrected chi connectivity index (χ4v) is 6.78. The van der Waals surface area contributed by atoms with E-state index in [1.54, 1.807) is 6.07 Å². The van der Waals surface area contributed by atoms with Crippen LogP contribution in [0.4, 0.5) is 0 Å². The normalized spacial score (nSPS) is 19.3. The van der Waals surface area contributed by atoms with Gasteiger partial charge in [-0.3, -0.25) is 0 Å². The van der Waals surface area contributed by atoms with Gasteiger partial charge < -0.3 is 0 Å². The summed E-state index contributed by atoms with van der Waals surface area (Å²) in [7, 11) is -3.41. The first-order chi connectivity index (χ1) is 8.38. The maximum Gasteiger partial charge on any atom is 0.250 e. The van der Waals surface area contributed by atoms with Crippen LogP contribution < -0.4 is 4.72 Å². The van der Waals surface area contributed by atoms with Gasteiger partial charge in [-0.1, -0.05) is 28.8 Å². The quantitative estimate of drug-likeness (QED) is 0.758. The van der Waals surface area contributed by atoms with E-state index in [1.165, 1.54) is 11.3 Å². The Morgan fingerprint density at radius 1 is 1.44 bits per heavy atom. The molecule has 1 aromatic heterocycles. The minimum absolute atomic E-state index is 0.302. The van der Waals surface area contributed by atoms with Crippen LogP contribution >= 0.6 is 43.2 Å². The van der Waals surface area contributed by atoms with Gasteiger partial charge in [0, 0.05) is 10.9 Å². The molecule has 1 aromatic rings. The van der Waals surface area contributed by atoms with Gasteiger partial charge in [-0.05, 0) is 47.3 Å². The second-order valence-electron chi connectivity index (χ2n) is 4.75. The summed E-state index contributed by atoms with van der Waals surface area (Å²) in [6.45, 7) is 1.90. The van der Waals surface area contributed by atoms with Crippen molar-refractivity contribution in [3.63, 3.8) is 0 Å². The Bertz CT molecular complexity index is 514. The highest BCUT2D eigenvalue weighted by atomic mass is 79.9. The number of hydrogen-bond acceptors (Lipinski definition) is 3. The summed E-state index contributed by atoms with van der Waals surface area (Å²) in [5.74, 6) is 0. The van der Waals surface area contributed by atoms with Crippen LogP contribution in [0.5, 0.6) is 0 Å². The van der Waals surface area contributed by atoms with Gasteiger partial charge in [-0.15, -0.1) is 11.3 Å². The Labute approximate surface area is 129 Å². The maximum atomic E-state index is 12.4. The van der Waals surface area contributed by atoms with Gasteiger partial charge in [0.2, 0.25) is 0 Å². The van der Waals surface area contributed by atoms with E-state index in [0.717, 1.165) is 35.0 Å². The molecule has 0 spiro atoms. The number of alkyl halides is 1. The first-order valence-electron chi connectivity index (χ1n) is 5.74. The Balaban J connectivity index is 2.26. The van der Waals surface area contributed by atoms with Gasteiger partial charge in [0.25, 0.3) is 10.0 Å². The van der Waals surface area contributed by atoms with Crippen LogP contribution in [0.25, 0.3) is 0 Å². The van der Waals surface area contributed by atoms with Gasteiger partial charge in [0.05, 0.1) is 3.79 Å². The highest BCUT2D eigenvalue weighted by Gasteiger charge is 2.37. The second-order valence-corrected chi connectivity index (χ2v) is 9.59. The van der Waals surface area contributed by atoms with Gasteiger partial charge in [-0.25, -0.2) is 13.1 Å². The second kappa shape index (κ2) is 5.52. The zero-order valence-corrected chi connectivity index (χ0v) is 14.8. The van der Waals surface area contributed by atoms with Gasteiger partial charge in [0.15, 0.2) is 0 Å². The summed E-state index contributed by atoms with van der Waals surface area (Å²) in [6, 6.07) is 1.72. The predicted octanol–water partition coefficient (Wildman–Crippen LogP) is 3.81. The SMILES string of the molecule is Cc1cc(S(=O)(=O)NC2(CBr)CCCC2)sc1Br. The lowest BCUT2D eigenvalue weighted by molar-refractivity contribution is 0.438. The lowest BCUT2D eigenvalue weighted by atomic mass is 10.0. The van der Waals surface area contributed by atoms with Gasteiger partial charge in [-0.2, -0.15) is 0 Å². The van der Waals surface area contributed by atoms with Gasteiger partial charge in [0.1, 0.15) is 4.21 Å². The smallest absolute Gasteiger partial charge is 0.206 e. The van der Waals surface area contributed by atoms with Gasteiger partial charge >= 0.3 is 0 Å². The van der Waals surface area contributed by atoms with E-state index in [4.69, 9.17) is 0 Å². The summed E-state index contributed by atoms with van der Waals surface area (Å²) in [5.41, 5.74) is 0.656. The van der Waals surface area contributed by atoms with Crippen molar-refractivity contribution in [2.45, 2.75) is 42.4 Å². The third kappa shape index (κ3) is 3.00. The average Bonchev–Trinajstić information content (AvgIpc) is 2.88. The monoisotopic (exact) mass is 415 g/mol. The third-order valence-electron chi connectivity index (χ3n) is 3.27. The lowest BCUT2D eigenvalue weighted by Crippen LogP contribution is -2.47. The van der Waals surface area contributed by atoms with E-state index in [1.807, 2.05) is 6.92 Å². The largest absolute Gasteiger partial charge is 0.250 e. The molecule has 1 aliphatic carbocycles. The minimum atomic E-state index is -3.41. The molecule has 1 saturated carbocycles. The summed E-state index contributed by atoms with van der Waals surface area (Å²) >= 11 is 8.08. The first kappa shape index (κ1) is 15.0. The van der Waals surface area contributed by atoms with Crippen molar-refractivity contribution >= 4 is 53.2 Å². The van der Waals surface area contributed by atoms with Crippen LogP contribution in [0, 0.1) is 6.92 Å². The number of rotatable bonds is 4. The molecular weight excluding hydrogens is 402 g/mol. The topological polar surface area (TPSA) is 46.2 Å². The van der Waals surface area contributed by atoms with E-state index in [9.17, 15) is 8.42 Å². The summed E-state index contributed by atoms with van der Waals surface area (Å²) in [5, 5.41) is 0.671. The molecule has 102 valence electrons. The Kier molecular flexibility index (Phi) is 4.59. The van der Waals surface area contributed by atoms with Crippen molar-refractivity contribution < 1.29 is 8.42 Å². The average molecular weight is 417 g/mol. The molecule has 1 N–H and O–H groups in total. The van der Waals surface area contributed by atoms with E-state index in [2.05, 4.69) is 36.6 Å². The van der Waals surface area contributed by atoms with Crippen molar-refractivity contribution in [2.24, 2.45) is 0 Å². The molecule has 1 fully saturated rings. The molecule has 0 aromatic carbocycles. The van der Waals surface area contributed by atoms with Crippen LogP contribution in [0.2, 0.25) is 0 Å². The van der Waals surface area contributed by atoms with E-state index >= 15 is 0 Å². The third-order valence-corrected chi connectivity index (χ3v) is 8.53. The molecule has 0 saturated heterocycles. The zero-order chi connectivity index (χ0) is 13.4. The van der Waals surface area contributed by atoms with Crippen LogP contribution in [0.3, 0.4) is 0 Å². The molecule has 0 unspecified atom stereocenters. The van der Waals surface area contributed by atoms with Crippen LogP contribution in [-0.4, -0.2) is 19.3 Å². The van der Waals surface area contributed by atoms with E-state index in [-0.39, 0.29) is 5.54 Å². The van der Waals surface area contributed by atoms with E-state index in [0.29, 0.717) is 9.54 Å². The molecule has 3 nitrogen and oxygen atoms in total. The van der Waals surface area contributed by atoms with Crippen molar-refractivity contribution in [2.75, 3.05) is 5.33 Å². The molecule has 7 heteroatoms. The van der Waals surface area contributed by atoms with Crippen LogP contribution in [0.1, 0.15) is 31.2 Å². The molecule has 0 radical (unpaired) electrons. The summed E-state index contributed by atoms with van der Waals surface area (Å²) in [6.07, 6.45) is 3.98. The van der Waals surface area contributed by atoms with Crippen molar-refractivity contribution in [1.29, 1.82) is 0 Å². The number of nitrogens with one attached hydrogen (secondary N) is 1. The molecule has 0 amide bonds. The summed E-state index contributed by atoms with van der Waals surface area (Å²) < 4.78 is 28.9. The zero-order valence-electron chi connectivity index (χ0n) is 10.0. The highest BCUT2D eigenvalue weighted by Crippen LogP contribution is 2.35. The fraction of sp³-hybridized carbons (Fsp3) is 0.636. The van der Waals surface area contributed by atoms with Crippen molar-refractivity contribution in [3.05, 3.63) is 15.4 Å². The van der Waals surface area contributed by atoms with Crippen LogP contribution in [0.15, 0.2) is 14.1 Å². The summed E-state index contributed by atoms with van der Waals surface area (Å²) in [4.78, 5) is 0. The molecule has 0 bridgehead atoms. The number of thiophene rings is 1. The van der Waals surface area contributed by atoms with Crippen molar-refractivity contribution in [3.8, 4) is 0 Å².